The molecule has 0 spiro atoms. The number of nitrogens with one attached hydrogen (secondary N) is 1. The number of hydrogen-bond acceptors (Lipinski definition) is 6. The molecule has 2 aliphatic heterocycles. The normalized spacial score (nSPS) is 19.0. The van der Waals surface area contributed by atoms with Gasteiger partial charge in [-0.3, -0.25) is 4.90 Å². The van der Waals surface area contributed by atoms with Crippen LogP contribution in [0.15, 0.2) is 12.1 Å². The highest BCUT2D eigenvalue weighted by atomic mass is 32.1. The minimum Gasteiger partial charge on any atom is -0.493 e. The van der Waals surface area contributed by atoms with Crippen LogP contribution in [0, 0.1) is 0 Å². The number of thiocarbonyl (C=S) groups is 1. The first-order chi connectivity index (χ1) is 15.5. The number of benzene rings is 1. The van der Waals surface area contributed by atoms with Crippen LogP contribution < -0.4 is 19.5 Å². The molecule has 0 radical (unpaired) electrons. The topological polar surface area (TPSA) is 72.5 Å². The molecule has 1 N–H and O–H groups in total. The van der Waals surface area contributed by atoms with Gasteiger partial charge in [0.05, 0.1) is 27.4 Å². The van der Waals surface area contributed by atoms with Gasteiger partial charge in [0.25, 0.3) is 0 Å². The van der Waals surface area contributed by atoms with Crippen molar-refractivity contribution in [1.82, 2.24) is 15.1 Å². The first-order valence-electron chi connectivity index (χ1n) is 11.3. The van der Waals surface area contributed by atoms with Crippen molar-refractivity contribution in [3.63, 3.8) is 0 Å². The second-order valence-corrected chi connectivity index (χ2v) is 8.58. The van der Waals surface area contributed by atoms with E-state index in [2.05, 4.69) is 17.1 Å². The van der Waals surface area contributed by atoms with Gasteiger partial charge in [0, 0.05) is 25.7 Å². The van der Waals surface area contributed by atoms with Crippen molar-refractivity contribution in [3.8, 4) is 17.2 Å². The van der Waals surface area contributed by atoms with E-state index in [-0.39, 0.29) is 18.2 Å². The van der Waals surface area contributed by atoms with Gasteiger partial charge in [-0.15, -0.1) is 0 Å². The number of likely N-dealkylation sites (tertiary alicyclic amines) is 1. The fourth-order valence-corrected chi connectivity index (χ4v) is 4.71. The number of unbranched alkanes of at least 4 members (excludes halogenated alkanes) is 1. The van der Waals surface area contributed by atoms with Gasteiger partial charge in [0.1, 0.15) is 6.61 Å². The van der Waals surface area contributed by atoms with E-state index >= 15 is 0 Å². The minimum atomic E-state index is -0.160. The van der Waals surface area contributed by atoms with Gasteiger partial charge in [-0.25, -0.2) is 4.79 Å². The molecular formula is C23H35N3O5S. The predicted octanol–water partition coefficient (Wildman–Crippen LogP) is 3.56. The molecule has 1 unspecified atom stereocenters. The molecule has 0 aromatic heterocycles. The van der Waals surface area contributed by atoms with Crippen LogP contribution in [-0.2, 0) is 11.3 Å². The van der Waals surface area contributed by atoms with E-state index in [0.29, 0.717) is 35.5 Å². The molecule has 1 atom stereocenters. The van der Waals surface area contributed by atoms with Crippen LogP contribution in [0.1, 0.15) is 44.6 Å². The Morgan fingerprint density at radius 1 is 1.16 bits per heavy atom. The molecule has 2 aliphatic rings. The molecule has 9 heteroatoms. The van der Waals surface area contributed by atoms with Crippen LogP contribution >= 0.6 is 12.2 Å². The smallest absolute Gasteiger partial charge is 0.410 e. The van der Waals surface area contributed by atoms with Crippen LogP contribution in [-0.4, -0.2) is 74.1 Å². The molecule has 3 rings (SSSR count). The summed E-state index contributed by atoms with van der Waals surface area (Å²) in [7, 11) is 4.80. The molecule has 8 nitrogen and oxygen atoms in total. The molecule has 2 fully saturated rings. The van der Waals surface area contributed by atoms with Gasteiger partial charge in [-0.1, -0.05) is 19.8 Å². The van der Waals surface area contributed by atoms with Crippen molar-refractivity contribution in [1.29, 1.82) is 0 Å². The molecule has 32 heavy (non-hydrogen) atoms. The van der Waals surface area contributed by atoms with E-state index in [0.717, 1.165) is 50.8 Å². The number of cyclic esters (lactones) is 1. The van der Waals surface area contributed by atoms with Crippen molar-refractivity contribution >= 4 is 23.4 Å². The maximum Gasteiger partial charge on any atom is 0.410 e. The van der Waals surface area contributed by atoms with E-state index in [4.69, 9.17) is 31.2 Å². The number of methoxy groups -OCH3 is 3. The van der Waals surface area contributed by atoms with E-state index in [9.17, 15) is 4.79 Å². The Kier molecular flexibility index (Phi) is 8.67. The van der Waals surface area contributed by atoms with Crippen LogP contribution in [0.2, 0.25) is 0 Å². The first kappa shape index (κ1) is 24.2. The average Bonchev–Trinajstić information content (AvgIpc) is 3.20. The maximum absolute atomic E-state index is 12.3. The average molecular weight is 466 g/mol. The van der Waals surface area contributed by atoms with Gasteiger partial charge in [0.2, 0.25) is 5.75 Å². The molecule has 0 saturated carbocycles. The number of amides is 1. The lowest BCUT2D eigenvalue weighted by Crippen LogP contribution is -2.51. The number of carbonyl (C=O) groups is 1. The number of piperidine rings is 1. The van der Waals surface area contributed by atoms with Gasteiger partial charge in [-0.05, 0) is 49.2 Å². The Labute approximate surface area is 196 Å². The largest absolute Gasteiger partial charge is 0.493 e. The van der Waals surface area contributed by atoms with Crippen molar-refractivity contribution in [2.45, 2.75) is 57.7 Å². The molecule has 0 aliphatic carbocycles. The summed E-state index contributed by atoms with van der Waals surface area (Å²) in [5, 5.41) is 4.05. The lowest BCUT2D eigenvalue weighted by Gasteiger charge is -2.38. The Hall–Kier alpha value is -2.42. The molecule has 2 heterocycles. The quantitative estimate of drug-likeness (QED) is 0.555. The van der Waals surface area contributed by atoms with Gasteiger partial charge < -0.3 is 29.2 Å². The monoisotopic (exact) mass is 465 g/mol. The van der Waals surface area contributed by atoms with Crippen LogP contribution in [0.5, 0.6) is 17.2 Å². The fraction of sp³-hybridized carbons (Fsp3) is 0.652. The SMILES string of the molecule is CCCCC1COC(=O)N1C1CCN(C(=S)NCc2cc(OC)c(OC)c(OC)c2)CC1. The number of carbonyl (C=O) groups excluding carboxylic acids is 1. The standard InChI is InChI=1S/C23H35N3O5S/c1-5-6-7-18-15-31-23(27)26(18)17-8-10-25(11-9-17)22(32)24-14-16-12-19(28-2)21(30-4)20(13-16)29-3/h12-13,17-18H,5-11,14-15H2,1-4H3,(H,24,32). The third-order valence-corrected chi connectivity index (χ3v) is 6.61. The van der Waals surface area contributed by atoms with E-state index < -0.39 is 0 Å². The molecular weight excluding hydrogens is 430 g/mol. The predicted molar refractivity (Wildman–Crippen MR) is 127 cm³/mol. The Balaban J connectivity index is 1.53. The van der Waals surface area contributed by atoms with Crippen LogP contribution in [0.25, 0.3) is 0 Å². The summed E-state index contributed by atoms with van der Waals surface area (Å²) in [4.78, 5) is 16.5. The number of ether oxygens (including phenoxy) is 4. The number of rotatable bonds is 9. The number of hydrogen-bond donors (Lipinski definition) is 1. The third-order valence-electron chi connectivity index (χ3n) is 6.21. The molecule has 2 saturated heterocycles. The zero-order chi connectivity index (χ0) is 23.1. The Morgan fingerprint density at radius 2 is 1.81 bits per heavy atom. The maximum atomic E-state index is 12.3. The highest BCUT2D eigenvalue weighted by Crippen LogP contribution is 2.38. The third kappa shape index (κ3) is 5.49. The lowest BCUT2D eigenvalue weighted by molar-refractivity contribution is 0.121. The van der Waals surface area contributed by atoms with Crippen molar-refractivity contribution in [3.05, 3.63) is 17.7 Å². The molecule has 0 bridgehead atoms. The fourth-order valence-electron chi connectivity index (χ4n) is 4.45. The summed E-state index contributed by atoms with van der Waals surface area (Å²) in [5.41, 5.74) is 0.982. The summed E-state index contributed by atoms with van der Waals surface area (Å²) >= 11 is 5.64. The van der Waals surface area contributed by atoms with Crippen molar-refractivity contribution in [2.24, 2.45) is 0 Å². The highest BCUT2D eigenvalue weighted by molar-refractivity contribution is 7.80. The van der Waals surface area contributed by atoms with Gasteiger partial charge >= 0.3 is 6.09 Å². The van der Waals surface area contributed by atoms with E-state index in [1.54, 1.807) is 21.3 Å². The minimum absolute atomic E-state index is 0.160. The Morgan fingerprint density at radius 3 is 2.38 bits per heavy atom. The zero-order valence-corrected chi connectivity index (χ0v) is 20.3. The summed E-state index contributed by atoms with van der Waals surface area (Å²) < 4.78 is 21.6. The van der Waals surface area contributed by atoms with E-state index in [1.807, 2.05) is 17.0 Å². The van der Waals surface area contributed by atoms with Crippen molar-refractivity contribution < 1.29 is 23.7 Å². The summed E-state index contributed by atoms with van der Waals surface area (Å²) in [6.45, 7) is 4.87. The molecule has 178 valence electrons. The second kappa shape index (κ2) is 11.4. The summed E-state index contributed by atoms with van der Waals surface area (Å²) in [5.74, 6) is 1.80. The van der Waals surface area contributed by atoms with Crippen LogP contribution in [0.3, 0.4) is 0 Å². The number of nitrogens with zero attached hydrogens (tertiary/aromatic N) is 2. The van der Waals surface area contributed by atoms with E-state index in [1.165, 1.54) is 0 Å². The summed E-state index contributed by atoms with van der Waals surface area (Å²) in [6.07, 6.45) is 4.88. The Bertz CT molecular complexity index is 773. The van der Waals surface area contributed by atoms with Gasteiger partial charge in [0.15, 0.2) is 16.6 Å². The second-order valence-electron chi connectivity index (χ2n) is 8.19. The lowest BCUT2D eigenvalue weighted by atomic mass is 10.0. The van der Waals surface area contributed by atoms with Gasteiger partial charge in [-0.2, -0.15) is 0 Å². The molecule has 1 amide bonds. The summed E-state index contributed by atoms with van der Waals surface area (Å²) in [6, 6.07) is 4.27. The highest BCUT2D eigenvalue weighted by Gasteiger charge is 2.39. The first-order valence-corrected chi connectivity index (χ1v) is 11.7. The van der Waals surface area contributed by atoms with Crippen LogP contribution in [0.4, 0.5) is 4.79 Å². The zero-order valence-electron chi connectivity index (χ0n) is 19.5. The molecule has 1 aromatic rings. The molecule has 1 aromatic carbocycles. The van der Waals surface area contributed by atoms with Crippen molar-refractivity contribution in [2.75, 3.05) is 41.0 Å².